The fourth-order valence-electron chi connectivity index (χ4n) is 4.69. The van der Waals surface area contributed by atoms with Crippen molar-refractivity contribution < 1.29 is 9.59 Å². The van der Waals surface area contributed by atoms with Crippen molar-refractivity contribution in [1.29, 1.82) is 0 Å². The van der Waals surface area contributed by atoms with E-state index in [2.05, 4.69) is 11.8 Å². The molecule has 0 saturated carbocycles. The van der Waals surface area contributed by atoms with Crippen LogP contribution in [0, 0.1) is 5.92 Å². The fraction of sp³-hybridized carbons (Fsp3) is 0.391. The standard InChI is InChI=1S/C23H24ClN3O2S/c1-16-10-12-25(13-11-16)15-26-20-5-3-2-4-19(20)23(22(26)29)27(21(28)14-30-23)18-8-6-17(24)7-9-18/h2-9,16H,10-15H2,1H3. The number of carbonyl (C=O) groups is 2. The lowest BCUT2D eigenvalue weighted by molar-refractivity contribution is -0.124. The van der Waals surface area contributed by atoms with Crippen LogP contribution in [0.25, 0.3) is 0 Å². The molecule has 2 saturated heterocycles. The van der Waals surface area contributed by atoms with E-state index < -0.39 is 4.87 Å². The first-order chi connectivity index (χ1) is 14.5. The second-order valence-corrected chi connectivity index (χ2v) is 9.94. The van der Waals surface area contributed by atoms with Crippen molar-refractivity contribution >= 4 is 46.6 Å². The van der Waals surface area contributed by atoms with E-state index in [0.29, 0.717) is 17.4 Å². The summed E-state index contributed by atoms with van der Waals surface area (Å²) in [6.07, 6.45) is 2.30. The van der Waals surface area contributed by atoms with Crippen LogP contribution in [-0.2, 0) is 14.5 Å². The van der Waals surface area contributed by atoms with Crippen LogP contribution >= 0.6 is 23.4 Å². The second-order valence-electron chi connectivity index (χ2n) is 8.33. The molecule has 2 aromatic carbocycles. The van der Waals surface area contributed by atoms with Gasteiger partial charge in [-0.25, -0.2) is 0 Å². The molecule has 5 rings (SSSR count). The van der Waals surface area contributed by atoms with Gasteiger partial charge in [0.15, 0.2) is 0 Å². The average molecular weight is 442 g/mol. The first-order valence-electron chi connectivity index (χ1n) is 10.4. The quantitative estimate of drug-likeness (QED) is 0.712. The molecule has 0 radical (unpaired) electrons. The van der Waals surface area contributed by atoms with E-state index >= 15 is 0 Å². The van der Waals surface area contributed by atoms with Crippen molar-refractivity contribution in [3.05, 3.63) is 59.1 Å². The third kappa shape index (κ3) is 3.04. The van der Waals surface area contributed by atoms with Crippen molar-refractivity contribution in [3.63, 3.8) is 0 Å². The smallest absolute Gasteiger partial charge is 0.269 e. The lowest BCUT2D eigenvalue weighted by Gasteiger charge is -2.35. The molecule has 5 nitrogen and oxygen atoms in total. The third-order valence-electron chi connectivity index (χ3n) is 6.37. The molecule has 3 aliphatic rings. The number of para-hydroxylation sites is 1. The minimum absolute atomic E-state index is 0.0341. The number of likely N-dealkylation sites (tertiary alicyclic amines) is 1. The predicted octanol–water partition coefficient (Wildman–Crippen LogP) is 4.31. The molecule has 2 amide bonds. The summed E-state index contributed by atoms with van der Waals surface area (Å²) in [5, 5.41) is 0.603. The number of nitrogens with zero attached hydrogens (tertiary/aromatic N) is 3. The Balaban J connectivity index is 1.55. The highest BCUT2D eigenvalue weighted by Gasteiger charge is 2.61. The van der Waals surface area contributed by atoms with Crippen LogP contribution in [0.3, 0.4) is 0 Å². The number of piperidine rings is 1. The number of benzene rings is 2. The zero-order chi connectivity index (χ0) is 20.9. The Morgan fingerprint density at radius 2 is 1.77 bits per heavy atom. The van der Waals surface area contributed by atoms with Gasteiger partial charge in [-0.05, 0) is 49.1 Å². The molecular formula is C23H24ClN3O2S. The summed E-state index contributed by atoms with van der Waals surface area (Å²) in [7, 11) is 0. The van der Waals surface area contributed by atoms with Crippen molar-refractivity contribution in [2.24, 2.45) is 5.92 Å². The summed E-state index contributed by atoms with van der Waals surface area (Å²) in [6.45, 7) is 4.83. The lowest BCUT2D eigenvalue weighted by atomic mass is 10.00. The number of rotatable bonds is 3. The highest BCUT2D eigenvalue weighted by atomic mass is 35.5. The molecule has 156 valence electrons. The number of hydrogen-bond donors (Lipinski definition) is 0. The number of thioether (sulfide) groups is 1. The Morgan fingerprint density at radius 1 is 1.07 bits per heavy atom. The Hall–Kier alpha value is -2.02. The molecule has 1 atom stereocenters. The van der Waals surface area contributed by atoms with Crippen molar-refractivity contribution in [2.45, 2.75) is 24.6 Å². The molecule has 3 aliphatic heterocycles. The van der Waals surface area contributed by atoms with Gasteiger partial charge in [0, 0.05) is 29.4 Å². The number of amides is 2. The molecule has 1 spiro atoms. The number of anilines is 2. The van der Waals surface area contributed by atoms with Gasteiger partial charge in [-0.3, -0.25) is 24.3 Å². The average Bonchev–Trinajstić information content (AvgIpc) is 3.22. The van der Waals surface area contributed by atoms with Crippen LogP contribution < -0.4 is 9.80 Å². The van der Waals surface area contributed by atoms with Crippen LogP contribution in [0.2, 0.25) is 5.02 Å². The van der Waals surface area contributed by atoms with Gasteiger partial charge in [0.1, 0.15) is 0 Å². The number of fused-ring (bicyclic) bond motifs is 2. The first-order valence-corrected chi connectivity index (χ1v) is 11.7. The molecular weight excluding hydrogens is 418 g/mol. The topological polar surface area (TPSA) is 43.9 Å². The van der Waals surface area contributed by atoms with Gasteiger partial charge in [-0.2, -0.15) is 0 Å². The van der Waals surface area contributed by atoms with Crippen LogP contribution in [0.15, 0.2) is 48.5 Å². The normalized spacial score (nSPS) is 24.9. The zero-order valence-corrected chi connectivity index (χ0v) is 18.5. The second kappa shape index (κ2) is 7.59. The highest BCUT2D eigenvalue weighted by Crippen LogP contribution is 2.55. The molecule has 0 N–H and O–H groups in total. The van der Waals surface area contributed by atoms with E-state index in [4.69, 9.17) is 11.6 Å². The van der Waals surface area contributed by atoms with Gasteiger partial charge in [-0.15, -0.1) is 11.8 Å². The predicted molar refractivity (Wildman–Crippen MR) is 122 cm³/mol. The summed E-state index contributed by atoms with van der Waals surface area (Å²) in [5.74, 6) is 0.919. The van der Waals surface area contributed by atoms with E-state index in [1.807, 2.05) is 41.3 Å². The van der Waals surface area contributed by atoms with Gasteiger partial charge in [0.05, 0.1) is 18.1 Å². The van der Waals surface area contributed by atoms with Crippen molar-refractivity contribution in [3.8, 4) is 0 Å². The van der Waals surface area contributed by atoms with E-state index in [0.717, 1.165) is 43.1 Å². The molecule has 7 heteroatoms. The maximum atomic E-state index is 14.0. The number of hydrogen-bond acceptors (Lipinski definition) is 4. The summed E-state index contributed by atoms with van der Waals surface area (Å²) < 4.78 is 0. The van der Waals surface area contributed by atoms with Gasteiger partial charge in [0.2, 0.25) is 10.8 Å². The first kappa shape index (κ1) is 19.9. The zero-order valence-electron chi connectivity index (χ0n) is 16.9. The minimum atomic E-state index is -1.05. The van der Waals surface area contributed by atoms with E-state index in [-0.39, 0.29) is 17.6 Å². The summed E-state index contributed by atoms with van der Waals surface area (Å²) >= 11 is 7.49. The molecule has 0 bridgehead atoms. The highest BCUT2D eigenvalue weighted by molar-refractivity contribution is 8.02. The number of carbonyl (C=O) groups excluding carboxylic acids is 2. The Bertz CT molecular complexity index is 990. The van der Waals surface area contributed by atoms with Crippen LogP contribution in [-0.4, -0.2) is 42.2 Å². The van der Waals surface area contributed by atoms with Crippen LogP contribution in [0.1, 0.15) is 25.3 Å². The molecule has 0 aliphatic carbocycles. The van der Waals surface area contributed by atoms with Gasteiger partial charge < -0.3 is 0 Å². The van der Waals surface area contributed by atoms with Gasteiger partial charge in [0.25, 0.3) is 5.91 Å². The van der Waals surface area contributed by atoms with Crippen LogP contribution in [0.4, 0.5) is 11.4 Å². The maximum Gasteiger partial charge on any atom is 0.269 e. The van der Waals surface area contributed by atoms with Gasteiger partial charge >= 0.3 is 0 Å². The SMILES string of the molecule is CC1CCN(CN2C(=O)C3(SCC(=O)N3c3ccc(Cl)cc3)c3ccccc32)CC1. The monoisotopic (exact) mass is 441 g/mol. The van der Waals surface area contributed by atoms with Crippen LogP contribution in [0.5, 0.6) is 0 Å². The Labute approximate surface area is 186 Å². The number of halogens is 1. The lowest BCUT2D eigenvalue weighted by Crippen LogP contribution is -2.52. The van der Waals surface area contributed by atoms with Crippen molar-refractivity contribution in [2.75, 3.05) is 35.3 Å². The molecule has 2 fully saturated rings. The third-order valence-corrected chi connectivity index (χ3v) is 8.00. The summed E-state index contributed by atoms with van der Waals surface area (Å²) in [4.78, 5) is 31.8. The molecule has 0 aromatic heterocycles. The van der Waals surface area contributed by atoms with Crippen molar-refractivity contribution in [1.82, 2.24) is 4.90 Å². The molecule has 3 heterocycles. The fourth-order valence-corrected chi connectivity index (χ4v) is 6.17. The summed E-state index contributed by atoms with van der Waals surface area (Å²) in [5.41, 5.74) is 2.50. The largest absolute Gasteiger partial charge is 0.295 e. The van der Waals surface area contributed by atoms with E-state index in [1.165, 1.54) is 11.8 Å². The van der Waals surface area contributed by atoms with Gasteiger partial charge in [-0.1, -0.05) is 36.7 Å². The molecule has 1 unspecified atom stereocenters. The maximum absolute atomic E-state index is 14.0. The molecule has 2 aromatic rings. The Morgan fingerprint density at radius 3 is 2.50 bits per heavy atom. The summed E-state index contributed by atoms with van der Waals surface area (Å²) in [6, 6.07) is 15.1. The minimum Gasteiger partial charge on any atom is -0.295 e. The van der Waals surface area contributed by atoms with E-state index in [9.17, 15) is 9.59 Å². The van der Waals surface area contributed by atoms with E-state index in [1.54, 1.807) is 17.0 Å². The Kier molecular flexibility index (Phi) is 5.04. The molecule has 30 heavy (non-hydrogen) atoms.